The lowest BCUT2D eigenvalue weighted by Gasteiger charge is -2.17. The molecule has 0 heterocycles. The van der Waals surface area contributed by atoms with Crippen LogP contribution in [-0.4, -0.2) is 173 Å². The third-order valence-electron chi connectivity index (χ3n) is 14.5. The Bertz CT molecular complexity index is 2870. The first kappa shape index (κ1) is 99.4. The fourth-order valence-electron chi connectivity index (χ4n) is 9.35. The summed E-state index contributed by atoms with van der Waals surface area (Å²) in [5.74, 6) is 6.72. The predicted octanol–water partition coefficient (Wildman–Crippen LogP) is 13.3. The van der Waals surface area contributed by atoms with Crippen molar-refractivity contribution in [3.05, 3.63) is 88.0 Å². The fourth-order valence-corrected chi connectivity index (χ4v) is 9.35. The van der Waals surface area contributed by atoms with Crippen molar-refractivity contribution in [2.45, 2.75) is 201 Å². The molecule has 0 fully saturated rings. The largest absolute Gasteiger partial charge is 0.494 e. The van der Waals surface area contributed by atoms with Crippen molar-refractivity contribution >= 4 is 46.3 Å². The first-order chi connectivity index (χ1) is 49.1. The number of ketones is 8. The molecular weight excluding hydrogens is 1320 g/mol. The Kier molecular flexibility index (Phi) is 59.5. The second-order valence-electron chi connectivity index (χ2n) is 23.4. The summed E-state index contributed by atoms with van der Waals surface area (Å²) in [6.07, 6.45) is 6.69. The Morgan fingerprint density at radius 1 is 0.359 bits per heavy atom. The van der Waals surface area contributed by atoms with Crippen LogP contribution in [0.3, 0.4) is 0 Å². The molecule has 4 aromatic rings. The number of carbonyl (C=O) groups is 8. The molecule has 0 radical (unpaired) electrons. The molecule has 0 aliphatic rings. The second-order valence-corrected chi connectivity index (χ2v) is 23.4. The Morgan fingerprint density at radius 3 is 0.961 bits per heavy atom. The van der Waals surface area contributed by atoms with E-state index in [-0.39, 0.29) is 64.3 Å². The smallest absolute Gasteiger partial charge is 0.203 e. The van der Waals surface area contributed by atoms with E-state index < -0.39 is 0 Å². The summed E-state index contributed by atoms with van der Waals surface area (Å²) in [6.45, 7) is 40.3. The lowest BCUT2D eigenvalue weighted by atomic mass is 10.0. The minimum atomic E-state index is -0.274. The van der Waals surface area contributed by atoms with Gasteiger partial charge in [-0.15, -0.1) is 0 Å². The van der Waals surface area contributed by atoms with Gasteiger partial charge in [0.1, 0.15) is 57.6 Å². The van der Waals surface area contributed by atoms with Gasteiger partial charge in [-0.05, 0) is 213 Å². The summed E-state index contributed by atoms with van der Waals surface area (Å²) < 4.78 is 50.0. The van der Waals surface area contributed by atoms with Crippen LogP contribution >= 0.6 is 0 Å². The lowest BCUT2D eigenvalue weighted by molar-refractivity contribution is -0.125. The number of rotatable bonds is 44. The van der Waals surface area contributed by atoms with E-state index >= 15 is 0 Å². The Morgan fingerprint density at radius 2 is 0.699 bits per heavy atom. The van der Waals surface area contributed by atoms with E-state index in [4.69, 9.17) is 42.6 Å². The average Bonchev–Trinajstić information content (AvgIpc) is 0.806. The number of nitrogens with one attached hydrogen (secondary N) is 6. The van der Waals surface area contributed by atoms with Gasteiger partial charge in [0.25, 0.3) is 0 Å². The molecule has 0 spiro atoms. The highest BCUT2D eigenvalue weighted by molar-refractivity contribution is 5.97. The Balaban J connectivity index is -0.00000115. The summed E-state index contributed by atoms with van der Waals surface area (Å²) in [5, 5.41) is 18.0. The van der Waals surface area contributed by atoms with Crippen LogP contribution < -0.4 is 74.5 Å². The lowest BCUT2D eigenvalue weighted by Crippen LogP contribution is -2.35. The first-order valence-corrected chi connectivity index (χ1v) is 36.4. The zero-order valence-electron chi connectivity index (χ0n) is 67.2. The molecule has 0 saturated heterocycles. The summed E-state index contributed by atoms with van der Waals surface area (Å²) in [5.41, 5.74) is 4.34. The molecule has 103 heavy (non-hydrogen) atoms. The van der Waals surface area contributed by atoms with Gasteiger partial charge >= 0.3 is 0 Å². The van der Waals surface area contributed by atoms with E-state index in [1.54, 1.807) is 77.2 Å². The van der Waals surface area contributed by atoms with Crippen LogP contribution in [-0.2, 0) is 32.3 Å². The molecule has 0 saturated carbocycles. The number of unbranched alkanes of at least 4 members (excludes halogenated alkanes) is 1. The minimum absolute atomic E-state index is 0.00733. The highest BCUT2D eigenvalue weighted by Gasteiger charge is 2.20. The average molecular weight is 1450 g/mol. The Hall–Kier alpha value is -7.80. The molecule has 4 aromatic carbocycles. The summed E-state index contributed by atoms with van der Waals surface area (Å²) in [7, 11) is 11.0. The highest BCUT2D eigenvalue weighted by atomic mass is 16.5. The normalized spacial score (nSPS) is 10.7. The van der Waals surface area contributed by atoms with Crippen LogP contribution in [0.25, 0.3) is 0 Å². The van der Waals surface area contributed by atoms with Crippen LogP contribution in [0.2, 0.25) is 0 Å². The van der Waals surface area contributed by atoms with E-state index in [2.05, 4.69) is 52.7 Å². The number of hydrogen-bond donors (Lipinski definition) is 6. The molecule has 584 valence electrons. The summed E-state index contributed by atoms with van der Waals surface area (Å²) in [6, 6.07) is 15.6. The number of benzene rings is 4. The number of carbonyl (C=O) groups excluding carboxylic acids is 8. The standard InChI is InChI=1S/C16H25NO3.C14H21NO3.C14H20O4.C12H16O3.C10H19NO2.C7H16N2O.C7H15NO/c1-5-7-19-15-9-13(12(3)18)10-16(20-8-6-2)14(15)11-17-4;1-5-17-13-7-11(10(3)16)8-14(18-6-2)12(13)9-15-4;1-5-16-12-8-11(10(4)15)9-13(17-6-2)14(12)18-7-3;1-4-14-11-6-10(9(3)13)7-12(8-11)15-5-2;1-4-5-6-10(13)9(11-3)7-8(2)12;1-6(10)7(4-8-2)5-9-3;1-4-5-7(8-3)6(2)9/h9-10,17H,5-8,11H2,1-4H3;7-8,15H,5-6,9H2,1-4H3;8-9H,5-7H2,1-4H3;6-8H,4-5H2,1-3H3;9,11H,4-7H2,1-3H3;7-9H,4-5H2,1-3H3;7-8H,4-5H2,1-3H3/t;;;;9-;;7-/m....0.0/s1. The van der Waals surface area contributed by atoms with Gasteiger partial charge in [0, 0.05) is 84.4 Å². The van der Waals surface area contributed by atoms with Gasteiger partial charge in [-0.1, -0.05) is 40.5 Å². The topological polar surface area (TPSA) is 292 Å². The monoisotopic (exact) mass is 1450 g/mol. The van der Waals surface area contributed by atoms with Crippen LogP contribution in [0.4, 0.5) is 0 Å². The quantitative estimate of drug-likeness (QED) is 0.0224. The van der Waals surface area contributed by atoms with E-state index in [1.165, 1.54) is 20.8 Å². The molecule has 0 aliphatic heterocycles. The SMILES string of the molecule is CCCCC(=O)[C@H](CC(C)=O)NC.CCCOc1cc(C(C)=O)cc(OCCC)c1CNC.CCC[C@H](NC)C(C)=O.CCOc1cc(C(C)=O)cc(OCC)c1CNC.CCOc1cc(C(C)=O)cc(OCC)c1OCC.CCOc1cc(OCC)cc(C(C)=O)c1.CNCC(CNC)C(C)=O. The predicted molar refractivity (Wildman–Crippen MR) is 414 cm³/mol. The molecule has 0 aliphatic carbocycles. The third-order valence-corrected chi connectivity index (χ3v) is 14.5. The molecule has 23 nitrogen and oxygen atoms in total. The highest BCUT2D eigenvalue weighted by Crippen LogP contribution is 2.39. The molecule has 0 bridgehead atoms. The molecule has 2 atom stereocenters. The van der Waals surface area contributed by atoms with Crippen LogP contribution in [0, 0.1) is 5.92 Å². The van der Waals surface area contributed by atoms with Gasteiger partial charge in [0.2, 0.25) is 5.75 Å². The zero-order valence-corrected chi connectivity index (χ0v) is 67.2. The van der Waals surface area contributed by atoms with E-state index in [0.717, 1.165) is 74.2 Å². The maximum absolute atomic E-state index is 11.6. The summed E-state index contributed by atoms with van der Waals surface area (Å²) in [4.78, 5) is 89.7. The van der Waals surface area contributed by atoms with Crippen LogP contribution in [0.5, 0.6) is 51.7 Å². The van der Waals surface area contributed by atoms with E-state index in [0.29, 0.717) is 148 Å². The van der Waals surface area contributed by atoms with Crippen molar-refractivity contribution in [2.75, 3.05) is 115 Å². The van der Waals surface area contributed by atoms with Crippen LogP contribution in [0.15, 0.2) is 54.6 Å². The zero-order chi connectivity index (χ0) is 78.8. The van der Waals surface area contributed by atoms with Crippen molar-refractivity contribution in [1.29, 1.82) is 0 Å². The van der Waals surface area contributed by atoms with Gasteiger partial charge in [-0.2, -0.15) is 0 Å². The molecule has 0 amide bonds. The molecular formula is C80H132N6O17. The van der Waals surface area contributed by atoms with E-state index in [1.807, 2.05) is 103 Å². The van der Waals surface area contributed by atoms with Crippen molar-refractivity contribution in [2.24, 2.45) is 5.92 Å². The summed E-state index contributed by atoms with van der Waals surface area (Å²) >= 11 is 0. The molecule has 4 rings (SSSR count). The van der Waals surface area contributed by atoms with Crippen molar-refractivity contribution in [3.8, 4) is 51.7 Å². The van der Waals surface area contributed by atoms with Gasteiger partial charge in [0.05, 0.1) is 71.5 Å². The number of ether oxygens (including phenoxy) is 9. The van der Waals surface area contributed by atoms with Crippen molar-refractivity contribution in [3.63, 3.8) is 0 Å². The number of hydrogen-bond acceptors (Lipinski definition) is 23. The van der Waals surface area contributed by atoms with Gasteiger partial charge in [0.15, 0.2) is 34.6 Å². The van der Waals surface area contributed by atoms with Crippen molar-refractivity contribution in [1.82, 2.24) is 31.9 Å². The molecule has 0 aromatic heterocycles. The maximum Gasteiger partial charge on any atom is 0.203 e. The minimum Gasteiger partial charge on any atom is -0.494 e. The Labute approximate surface area is 618 Å². The molecule has 0 unspecified atom stereocenters. The van der Waals surface area contributed by atoms with Gasteiger partial charge in [-0.25, -0.2) is 0 Å². The number of Topliss-reactive ketones (excluding diaryl/α,β-unsaturated/α-hetero) is 8. The fraction of sp³-hybridized carbons (Fsp3) is 0.600. The second kappa shape index (κ2) is 61.7. The third kappa shape index (κ3) is 43.2. The molecule has 23 heteroatoms. The molecule has 6 N–H and O–H groups in total. The van der Waals surface area contributed by atoms with Crippen molar-refractivity contribution < 1.29 is 81.0 Å². The maximum atomic E-state index is 11.6. The van der Waals surface area contributed by atoms with E-state index in [9.17, 15) is 38.4 Å². The first-order valence-electron chi connectivity index (χ1n) is 36.4. The van der Waals surface area contributed by atoms with Crippen LogP contribution in [0.1, 0.15) is 229 Å². The van der Waals surface area contributed by atoms with Gasteiger partial charge in [-0.3, -0.25) is 38.4 Å². The number of likely N-dealkylation sites (N-methyl/N-ethyl adjacent to an activating group) is 2. The van der Waals surface area contributed by atoms with Gasteiger partial charge < -0.3 is 74.5 Å².